The van der Waals surface area contributed by atoms with Crippen LogP contribution >= 0.6 is 0 Å². The normalized spacial score (nSPS) is 10.5. The van der Waals surface area contributed by atoms with Gasteiger partial charge in [-0.3, -0.25) is 14.9 Å². The molecule has 4 N–H and O–H groups in total. The number of nitrogens with zero attached hydrogens (tertiary/aromatic N) is 3. The zero-order chi connectivity index (χ0) is 13.2. The third kappa shape index (κ3) is 2.08. The third-order valence-electron chi connectivity index (χ3n) is 2.65. The molecule has 19 heavy (non-hydrogen) atoms. The Morgan fingerprint density at radius 3 is 3.00 bits per heavy atom. The first-order chi connectivity index (χ1) is 9.24. The Morgan fingerprint density at radius 2 is 2.21 bits per heavy atom. The molecule has 0 aliphatic heterocycles. The second-order valence-electron chi connectivity index (χ2n) is 3.90. The molecule has 3 aromatic rings. The van der Waals surface area contributed by atoms with Crippen LogP contribution in [0, 0.1) is 0 Å². The molecule has 0 fully saturated rings. The van der Waals surface area contributed by atoms with Gasteiger partial charge in [-0.1, -0.05) is 12.1 Å². The minimum Gasteiger partial charge on any atom is -0.366 e. The second kappa shape index (κ2) is 4.37. The molecule has 1 amide bonds. The standard InChI is InChI=1S/C12H10N6O/c13-12-16-10(17-18-12)11(19)15-9-3-1-2-7-6-14-5-4-8(7)9/h1-6H,(H,15,19)(H3,13,16,17,18). The second-order valence-corrected chi connectivity index (χ2v) is 3.90. The van der Waals surface area contributed by atoms with Crippen molar-refractivity contribution in [3.63, 3.8) is 0 Å². The van der Waals surface area contributed by atoms with Crippen molar-refractivity contribution < 1.29 is 4.79 Å². The number of nitrogens with two attached hydrogens (primary N) is 1. The highest BCUT2D eigenvalue weighted by molar-refractivity contribution is 6.07. The van der Waals surface area contributed by atoms with Gasteiger partial charge < -0.3 is 11.1 Å². The minimum atomic E-state index is -0.395. The number of fused-ring (bicyclic) bond motifs is 1. The molecule has 0 aliphatic rings. The molecule has 7 nitrogen and oxygen atoms in total. The van der Waals surface area contributed by atoms with Gasteiger partial charge in [0.1, 0.15) is 0 Å². The van der Waals surface area contributed by atoms with E-state index in [1.54, 1.807) is 18.5 Å². The lowest BCUT2D eigenvalue weighted by Crippen LogP contribution is -2.14. The number of benzene rings is 1. The van der Waals surface area contributed by atoms with Gasteiger partial charge in [0.2, 0.25) is 11.8 Å². The molecule has 0 unspecified atom stereocenters. The van der Waals surface area contributed by atoms with Gasteiger partial charge in [-0.15, -0.1) is 5.10 Å². The summed E-state index contributed by atoms with van der Waals surface area (Å²) in [4.78, 5) is 19.8. The highest BCUT2D eigenvalue weighted by Gasteiger charge is 2.12. The average Bonchev–Trinajstić information content (AvgIpc) is 2.86. The van der Waals surface area contributed by atoms with Gasteiger partial charge >= 0.3 is 0 Å². The highest BCUT2D eigenvalue weighted by Crippen LogP contribution is 2.22. The van der Waals surface area contributed by atoms with Crippen LogP contribution < -0.4 is 11.1 Å². The molecule has 2 heterocycles. The maximum absolute atomic E-state index is 12.0. The number of carbonyl (C=O) groups excluding carboxylic acids is 1. The zero-order valence-electron chi connectivity index (χ0n) is 9.79. The molecule has 0 spiro atoms. The lowest BCUT2D eigenvalue weighted by molar-refractivity contribution is 0.101. The zero-order valence-corrected chi connectivity index (χ0v) is 9.79. The van der Waals surface area contributed by atoms with E-state index in [2.05, 4.69) is 25.5 Å². The molecular formula is C12H10N6O. The number of amides is 1. The van der Waals surface area contributed by atoms with Crippen molar-refractivity contribution in [1.29, 1.82) is 0 Å². The molecule has 2 aromatic heterocycles. The number of carbonyl (C=O) groups is 1. The summed E-state index contributed by atoms with van der Waals surface area (Å²) < 4.78 is 0. The summed E-state index contributed by atoms with van der Waals surface area (Å²) in [5, 5.41) is 10.7. The number of hydrogen-bond acceptors (Lipinski definition) is 5. The van der Waals surface area contributed by atoms with Gasteiger partial charge in [-0.05, 0) is 12.1 Å². The summed E-state index contributed by atoms with van der Waals surface area (Å²) in [5.74, 6) is -0.288. The molecule has 7 heteroatoms. The highest BCUT2D eigenvalue weighted by atomic mass is 16.2. The molecule has 0 bridgehead atoms. The van der Waals surface area contributed by atoms with E-state index >= 15 is 0 Å². The van der Waals surface area contributed by atoms with E-state index in [1.165, 1.54) is 0 Å². The summed E-state index contributed by atoms with van der Waals surface area (Å²) in [5.41, 5.74) is 6.04. The number of rotatable bonds is 2. The number of nitrogen functional groups attached to an aromatic ring is 1. The summed E-state index contributed by atoms with van der Waals surface area (Å²) in [7, 11) is 0. The van der Waals surface area contributed by atoms with Crippen molar-refractivity contribution in [2.45, 2.75) is 0 Å². The Labute approximate surface area is 107 Å². The van der Waals surface area contributed by atoms with Gasteiger partial charge in [0.05, 0.1) is 0 Å². The number of pyridine rings is 1. The van der Waals surface area contributed by atoms with E-state index in [0.717, 1.165) is 10.8 Å². The van der Waals surface area contributed by atoms with Gasteiger partial charge in [0.15, 0.2) is 0 Å². The van der Waals surface area contributed by atoms with Crippen LogP contribution in [0.25, 0.3) is 10.8 Å². The van der Waals surface area contributed by atoms with Crippen LogP contribution in [-0.4, -0.2) is 26.1 Å². The predicted octanol–water partition coefficient (Wildman–Crippen LogP) is 1.19. The van der Waals surface area contributed by atoms with Crippen LogP contribution in [0.15, 0.2) is 36.7 Å². The fourth-order valence-electron chi connectivity index (χ4n) is 1.79. The molecule has 1 aromatic carbocycles. The van der Waals surface area contributed by atoms with E-state index in [4.69, 9.17) is 5.73 Å². The summed E-state index contributed by atoms with van der Waals surface area (Å²) in [6.45, 7) is 0. The van der Waals surface area contributed by atoms with Crippen molar-refractivity contribution in [1.82, 2.24) is 20.2 Å². The fraction of sp³-hybridized carbons (Fsp3) is 0. The monoisotopic (exact) mass is 254 g/mol. The Balaban J connectivity index is 1.95. The quantitative estimate of drug-likeness (QED) is 0.636. The smallest absolute Gasteiger partial charge is 0.293 e. The Bertz CT molecular complexity index is 745. The molecule has 0 saturated carbocycles. The van der Waals surface area contributed by atoms with Crippen LogP contribution in [0.4, 0.5) is 11.6 Å². The van der Waals surface area contributed by atoms with Crippen LogP contribution in [0.1, 0.15) is 10.6 Å². The molecule has 0 aliphatic carbocycles. The number of aromatic amines is 1. The van der Waals surface area contributed by atoms with E-state index in [-0.39, 0.29) is 11.8 Å². The molecule has 94 valence electrons. The number of anilines is 2. The summed E-state index contributed by atoms with van der Waals surface area (Å²) in [6, 6.07) is 7.40. The summed E-state index contributed by atoms with van der Waals surface area (Å²) in [6.07, 6.45) is 3.40. The van der Waals surface area contributed by atoms with Gasteiger partial charge in [-0.25, -0.2) is 0 Å². The summed E-state index contributed by atoms with van der Waals surface area (Å²) >= 11 is 0. The first-order valence-electron chi connectivity index (χ1n) is 5.56. The van der Waals surface area contributed by atoms with Crippen molar-refractivity contribution in [3.05, 3.63) is 42.5 Å². The number of aromatic nitrogens is 4. The number of H-pyrrole nitrogens is 1. The molecule has 0 radical (unpaired) electrons. The lowest BCUT2D eigenvalue weighted by Gasteiger charge is -2.06. The van der Waals surface area contributed by atoms with Crippen molar-refractivity contribution in [2.24, 2.45) is 0 Å². The van der Waals surface area contributed by atoms with Crippen LogP contribution in [0.2, 0.25) is 0 Å². The van der Waals surface area contributed by atoms with E-state index in [9.17, 15) is 4.79 Å². The van der Waals surface area contributed by atoms with Crippen molar-refractivity contribution in [3.8, 4) is 0 Å². The Morgan fingerprint density at radius 1 is 1.32 bits per heavy atom. The van der Waals surface area contributed by atoms with Crippen molar-refractivity contribution >= 4 is 28.3 Å². The average molecular weight is 254 g/mol. The molecule has 0 saturated heterocycles. The Hall–Kier alpha value is -2.96. The number of hydrogen-bond donors (Lipinski definition) is 3. The van der Waals surface area contributed by atoms with Crippen LogP contribution in [0.5, 0.6) is 0 Å². The van der Waals surface area contributed by atoms with E-state index in [0.29, 0.717) is 5.69 Å². The molecule has 3 rings (SSSR count). The molecule has 0 atom stereocenters. The molecular weight excluding hydrogens is 244 g/mol. The topological polar surface area (TPSA) is 110 Å². The van der Waals surface area contributed by atoms with Crippen molar-refractivity contribution in [2.75, 3.05) is 11.1 Å². The maximum Gasteiger partial charge on any atom is 0.293 e. The van der Waals surface area contributed by atoms with E-state index < -0.39 is 5.91 Å². The van der Waals surface area contributed by atoms with E-state index in [1.807, 2.05) is 18.2 Å². The Kier molecular flexibility index (Phi) is 2.57. The van der Waals surface area contributed by atoms with Gasteiger partial charge in [-0.2, -0.15) is 4.98 Å². The van der Waals surface area contributed by atoms with Crippen LogP contribution in [-0.2, 0) is 0 Å². The first kappa shape index (κ1) is 11.1. The predicted molar refractivity (Wildman–Crippen MR) is 70.5 cm³/mol. The number of nitrogens with one attached hydrogen (secondary N) is 2. The largest absolute Gasteiger partial charge is 0.366 e. The maximum atomic E-state index is 12.0. The van der Waals surface area contributed by atoms with Crippen LogP contribution in [0.3, 0.4) is 0 Å². The minimum absolute atomic E-state index is 0.0345. The fourth-order valence-corrected chi connectivity index (χ4v) is 1.79. The van der Waals surface area contributed by atoms with Gasteiger partial charge in [0.25, 0.3) is 5.91 Å². The van der Waals surface area contributed by atoms with Gasteiger partial charge in [0, 0.05) is 28.9 Å². The SMILES string of the molecule is Nc1n[nH]c(C(=O)Nc2cccc3cnccc23)n1. The third-order valence-corrected chi connectivity index (χ3v) is 2.65. The first-order valence-corrected chi connectivity index (χ1v) is 5.56. The lowest BCUT2D eigenvalue weighted by atomic mass is 10.1.